The molecule has 1 aromatic carbocycles. The molecule has 1 saturated heterocycles. The van der Waals surface area contributed by atoms with Crippen molar-refractivity contribution >= 4 is 11.0 Å². The summed E-state index contributed by atoms with van der Waals surface area (Å²) in [5.74, 6) is 1.61. The van der Waals surface area contributed by atoms with E-state index in [9.17, 15) is 0 Å². The lowest BCUT2D eigenvalue weighted by Gasteiger charge is -2.03. The molecule has 0 bridgehead atoms. The van der Waals surface area contributed by atoms with E-state index in [1.54, 1.807) is 0 Å². The summed E-state index contributed by atoms with van der Waals surface area (Å²) < 4.78 is 2.03. The van der Waals surface area contributed by atoms with E-state index >= 15 is 0 Å². The molecule has 0 amide bonds. The van der Waals surface area contributed by atoms with Gasteiger partial charge in [0.2, 0.25) is 0 Å². The standard InChI is InChI=1S/C15H17N5/c1-20-9-18-12-6-10(2-3-14(12)20)13-8-17-15(19-13)11-4-5-16-7-11/h2-3,6,8-9,11,16H,4-5,7H2,1H3,(H,17,19). The van der Waals surface area contributed by atoms with E-state index in [-0.39, 0.29) is 0 Å². The fraction of sp³-hybridized carbons (Fsp3) is 0.333. The van der Waals surface area contributed by atoms with Crippen LogP contribution in [-0.4, -0.2) is 32.6 Å². The van der Waals surface area contributed by atoms with Crippen LogP contribution in [0, 0.1) is 0 Å². The topological polar surface area (TPSA) is 58.5 Å². The highest BCUT2D eigenvalue weighted by Gasteiger charge is 2.19. The number of aromatic nitrogens is 4. The van der Waals surface area contributed by atoms with Crippen molar-refractivity contribution in [1.82, 2.24) is 24.8 Å². The number of aromatic amines is 1. The van der Waals surface area contributed by atoms with Gasteiger partial charge in [-0.3, -0.25) is 0 Å². The molecule has 0 aliphatic carbocycles. The van der Waals surface area contributed by atoms with E-state index in [0.29, 0.717) is 5.92 Å². The highest BCUT2D eigenvalue weighted by Crippen LogP contribution is 2.25. The van der Waals surface area contributed by atoms with Gasteiger partial charge < -0.3 is 14.9 Å². The van der Waals surface area contributed by atoms with Crippen molar-refractivity contribution in [1.29, 1.82) is 0 Å². The molecular formula is C15H17N5. The van der Waals surface area contributed by atoms with Gasteiger partial charge in [-0.05, 0) is 25.1 Å². The van der Waals surface area contributed by atoms with Crippen molar-refractivity contribution in [3.8, 4) is 11.3 Å². The summed E-state index contributed by atoms with van der Waals surface area (Å²) in [5.41, 5.74) is 4.37. The van der Waals surface area contributed by atoms with Crippen molar-refractivity contribution in [3.63, 3.8) is 0 Å². The third-order valence-corrected chi connectivity index (χ3v) is 4.08. The number of hydrogen-bond acceptors (Lipinski definition) is 3. The van der Waals surface area contributed by atoms with Crippen molar-refractivity contribution < 1.29 is 0 Å². The van der Waals surface area contributed by atoms with Gasteiger partial charge in [-0.15, -0.1) is 0 Å². The summed E-state index contributed by atoms with van der Waals surface area (Å²) in [6.07, 6.45) is 4.93. The molecular weight excluding hydrogens is 250 g/mol. The number of hydrogen-bond donors (Lipinski definition) is 2. The van der Waals surface area contributed by atoms with Gasteiger partial charge in [0.15, 0.2) is 0 Å². The first kappa shape index (κ1) is 11.7. The van der Waals surface area contributed by atoms with Crippen molar-refractivity contribution in [2.75, 3.05) is 13.1 Å². The number of aryl methyl sites for hydroxylation is 1. The lowest BCUT2D eigenvalue weighted by molar-refractivity contribution is 0.715. The van der Waals surface area contributed by atoms with Crippen LogP contribution in [0.5, 0.6) is 0 Å². The Morgan fingerprint density at radius 3 is 3.10 bits per heavy atom. The van der Waals surface area contributed by atoms with Crippen LogP contribution in [0.25, 0.3) is 22.3 Å². The fourth-order valence-electron chi connectivity index (χ4n) is 2.88. The molecule has 0 spiro atoms. The summed E-state index contributed by atoms with van der Waals surface area (Å²) in [5, 5.41) is 3.37. The van der Waals surface area contributed by atoms with Gasteiger partial charge in [0.25, 0.3) is 0 Å². The fourth-order valence-corrected chi connectivity index (χ4v) is 2.88. The molecule has 1 unspecified atom stereocenters. The van der Waals surface area contributed by atoms with Crippen LogP contribution >= 0.6 is 0 Å². The first-order valence-electron chi connectivity index (χ1n) is 6.98. The van der Waals surface area contributed by atoms with Crippen LogP contribution in [0.1, 0.15) is 18.2 Å². The highest BCUT2D eigenvalue weighted by atomic mass is 15.0. The molecule has 1 atom stereocenters. The number of H-pyrrole nitrogens is 1. The van der Waals surface area contributed by atoms with E-state index in [2.05, 4.69) is 38.5 Å². The first-order valence-corrected chi connectivity index (χ1v) is 6.98. The summed E-state index contributed by atoms with van der Waals surface area (Å²) in [6.45, 7) is 2.10. The second-order valence-corrected chi connectivity index (χ2v) is 5.43. The van der Waals surface area contributed by atoms with E-state index < -0.39 is 0 Å². The number of fused-ring (bicyclic) bond motifs is 1. The van der Waals surface area contributed by atoms with Crippen LogP contribution < -0.4 is 5.32 Å². The minimum absolute atomic E-state index is 0.516. The molecule has 20 heavy (non-hydrogen) atoms. The lowest BCUT2D eigenvalue weighted by atomic mass is 10.1. The molecule has 5 heteroatoms. The Bertz CT molecular complexity index is 749. The molecule has 0 saturated carbocycles. The van der Waals surface area contributed by atoms with Gasteiger partial charge >= 0.3 is 0 Å². The molecule has 0 radical (unpaired) electrons. The third-order valence-electron chi connectivity index (χ3n) is 4.08. The number of imidazole rings is 2. The molecule has 2 N–H and O–H groups in total. The van der Waals surface area contributed by atoms with Crippen LogP contribution in [0.3, 0.4) is 0 Å². The van der Waals surface area contributed by atoms with Crippen molar-refractivity contribution in [2.45, 2.75) is 12.3 Å². The third kappa shape index (κ3) is 1.82. The molecule has 1 fully saturated rings. The van der Waals surface area contributed by atoms with E-state index in [4.69, 9.17) is 0 Å². The van der Waals surface area contributed by atoms with Gasteiger partial charge in [-0.25, -0.2) is 9.97 Å². The predicted octanol–water partition coefficient (Wildman–Crippen LogP) is 2.04. The Labute approximate surface area is 117 Å². The number of benzene rings is 1. The van der Waals surface area contributed by atoms with Gasteiger partial charge in [0, 0.05) is 25.1 Å². The maximum absolute atomic E-state index is 4.54. The molecule has 3 heterocycles. The second kappa shape index (κ2) is 4.45. The van der Waals surface area contributed by atoms with E-state index in [0.717, 1.165) is 47.6 Å². The zero-order valence-electron chi connectivity index (χ0n) is 11.4. The van der Waals surface area contributed by atoms with Gasteiger partial charge in [-0.2, -0.15) is 0 Å². The summed E-state index contributed by atoms with van der Waals surface area (Å²) in [7, 11) is 2.01. The molecule has 5 nitrogen and oxygen atoms in total. The zero-order valence-corrected chi connectivity index (χ0v) is 11.4. The molecule has 4 rings (SSSR count). The minimum atomic E-state index is 0.516. The molecule has 3 aromatic rings. The van der Waals surface area contributed by atoms with Crippen LogP contribution in [-0.2, 0) is 7.05 Å². The minimum Gasteiger partial charge on any atom is -0.342 e. The largest absolute Gasteiger partial charge is 0.342 e. The van der Waals surface area contributed by atoms with E-state index in [1.165, 1.54) is 0 Å². The average molecular weight is 267 g/mol. The Hall–Kier alpha value is -2.14. The van der Waals surface area contributed by atoms with Gasteiger partial charge in [-0.1, -0.05) is 6.07 Å². The smallest absolute Gasteiger partial charge is 0.110 e. The second-order valence-electron chi connectivity index (χ2n) is 5.43. The van der Waals surface area contributed by atoms with E-state index in [1.807, 2.05) is 24.1 Å². The van der Waals surface area contributed by atoms with Crippen LogP contribution in [0.2, 0.25) is 0 Å². The van der Waals surface area contributed by atoms with Crippen molar-refractivity contribution in [2.24, 2.45) is 7.05 Å². The molecule has 1 aliphatic rings. The summed E-state index contributed by atoms with van der Waals surface area (Å²) >= 11 is 0. The Morgan fingerprint density at radius 1 is 1.30 bits per heavy atom. The predicted molar refractivity (Wildman–Crippen MR) is 78.5 cm³/mol. The van der Waals surface area contributed by atoms with Gasteiger partial charge in [0.05, 0.1) is 29.3 Å². The number of nitrogens with one attached hydrogen (secondary N) is 2. The summed E-state index contributed by atoms with van der Waals surface area (Å²) in [4.78, 5) is 12.4. The number of nitrogens with zero attached hydrogens (tertiary/aromatic N) is 3. The monoisotopic (exact) mass is 267 g/mol. The molecule has 102 valence electrons. The maximum atomic E-state index is 4.54. The average Bonchev–Trinajstić information content (AvgIpc) is 3.18. The Kier molecular flexibility index (Phi) is 2.60. The lowest BCUT2D eigenvalue weighted by Crippen LogP contribution is -2.08. The highest BCUT2D eigenvalue weighted by molar-refractivity contribution is 5.81. The first-order chi connectivity index (χ1) is 9.81. The van der Waals surface area contributed by atoms with Gasteiger partial charge in [0.1, 0.15) is 5.82 Å². The summed E-state index contributed by atoms with van der Waals surface area (Å²) in [6, 6.07) is 6.34. The molecule has 2 aromatic heterocycles. The maximum Gasteiger partial charge on any atom is 0.110 e. The normalized spacial score (nSPS) is 18.9. The molecule has 1 aliphatic heterocycles. The van der Waals surface area contributed by atoms with Crippen molar-refractivity contribution in [3.05, 3.63) is 36.5 Å². The van der Waals surface area contributed by atoms with Crippen LogP contribution in [0.15, 0.2) is 30.7 Å². The SMILES string of the molecule is Cn1cnc2cc(-c3cnc(C4CCNC4)[nH]3)ccc21. The quantitative estimate of drug-likeness (QED) is 0.747. The Balaban J connectivity index is 1.71. The zero-order chi connectivity index (χ0) is 13.5. The number of rotatable bonds is 2. The Morgan fingerprint density at radius 2 is 2.25 bits per heavy atom. The van der Waals surface area contributed by atoms with Crippen LogP contribution in [0.4, 0.5) is 0 Å².